The Morgan fingerprint density at radius 2 is 2.17 bits per heavy atom. The number of primary amides is 1. The molecule has 0 unspecified atom stereocenters. The summed E-state index contributed by atoms with van der Waals surface area (Å²) >= 11 is -0.389. The smallest absolute Gasteiger partial charge is 0.366 e. The second kappa shape index (κ2) is 7.01. The van der Waals surface area contributed by atoms with Crippen molar-refractivity contribution in [3.05, 3.63) is 35.8 Å². The van der Waals surface area contributed by atoms with Gasteiger partial charge >= 0.3 is 5.51 Å². The number of aromatic amines is 1. The van der Waals surface area contributed by atoms with Crippen LogP contribution in [-0.2, 0) is 0 Å². The predicted molar refractivity (Wildman–Crippen MR) is 78.3 cm³/mol. The fourth-order valence-electron chi connectivity index (χ4n) is 1.60. The Bertz CT molecular complexity index is 811. The van der Waals surface area contributed by atoms with Crippen LogP contribution >= 0.6 is 11.8 Å². The van der Waals surface area contributed by atoms with Crippen LogP contribution in [0.25, 0.3) is 5.57 Å². The van der Waals surface area contributed by atoms with Gasteiger partial charge in [0.05, 0.1) is 0 Å². The van der Waals surface area contributed by atoms with E-state index in [9.17, 15) is 18.0 Å². The molecule has 0 fully saturated rings. The molecule has 8 nitrogen and oxygen atoms in total. The number of nitriles is 1. The first-order valence-electron chi connectivity index (χ1n) is 6.10. The molecular weight excluding hydrogens is 347 g/mol. The average molecular weight is 355 g/mol. The van der Waals surface area contributed by atoms with E-state index < -0.39 is 11.4 Å². The number of rotatable bonds is 5. The Balaban J connectivity index is 2.32. The number of H-pyrrole nitrogens is 1. The SMILES string of the molecule is N#CC(=CNc1cc(SC(F)(F)F)cc(C(N)=O)c1)c1nn[nH]n1. The number of nitrogens with two attached hydrogens (primary N) is 1. The number of thioether (sulfide) groups is 1. The zero-order valence-corrected chi connectivity index (χ0v) is 12.4. The lowest BCUT2D eigenvalue weighted by Gasteiger charge is -2.10. The summed E-state index contributed by atoms with van der Waals surface area (Å²) < 4.78 is 37.5. The molecule has 4 N–H and O–H groups in total. The summed E-state index contributed by atoms with van der Waals surface area (Å²) in [5.74, 6) is -0.883. The molecule has 124 valence electrons. The minimum absolute atomic E-state index is 0.000876. The molecule has 0 radical (unpaired) electrons. The van der Waals surface area contributed by atoms with Crippen molar-refractivity contribution < 1.29 is 18.0 Å². The molecule has 1 amide bonds. The van der Waals surface area contributed by atoms with E-state index in [1.54, 1.807) is 6.07 Å². The Kier molecular flexibility index (Phi) is 5.05. The van der Waals surface area contributed by atoms with Crippen LogP contribution in [0.3, 0.4) is 0 Å². The summed E-state index contributed by atoms with van der Waals surface area (Å²) in [7, 11) is 0. The molecule has 1 aromatic heterocycles. The van der Waals surface area contributed by atoms with E-state index in [0.717, 1.165) is 12.1 Å². The molecule has 2 aromatic rings. The lowest BCUT2D eigenvalue weighted by Crippen LogP contribution is -2.11. The molecule has 1 heterocycles. The van der Waals surface area contributed by atoms with Crippen LogP contribution in [0.5, 0.6) is 0 Å². The number of alkyl halides is 3. The first-order chi connectivity index (χ1) is 11.3. The lowest BCUT2D eigenvalue weighted by molar-refractivity contribution is -0.0328. The van der Waals surface area contributed by atoms with Crippen LogP contribution in [0, 0.1) is 11.3 Å². The fraction of sp³-hybridized carbons (Fsp3) is 0.0833. The summed E-state index contributed by atoms with van der Waals surface area (Å²) in [6.45, 7) is 0. The minimum atomic E-state index is -4.52. The van der Waals surface area contributed by atoms with E-state index in [4.69, 9.17) is 11.0 Å². The van der Waals surface area contributed by atoms with Crippen molar-refractivity contribution in [3.63, 3.8) is 0 Å². The van der Waals surface area contributed by atoms with Crippen molar-refractivity contribution in [3.8, 4) is 6.07 Å². The molecule has 1 aromatic carbocycles. The Labute approximate surface area is 136 Å². The van der Waals surface area contributed by atoms with Gasteiger partial charge in [0, 0.05) is 22.3 Å². The maximum Gasteiger partial charge on any atom is 0.446 e. The normalized spacial score (nSPS) is 11.8. The van der Waals surface area contributed by atoms with Crippen LogP contribution in [-0.4, -0.2) is 32.0 Å². The highest BCUT2D eigenvalue weighted by Gasteiger charge is 2.29. The molecule has 0 aliphatic rings. The van der Waals surface area contributed by atoms with Crippen LogP contribution in [0.15, 0.2) is 29.3 Å². The van der Waals surface area contributed by atoms with Gasteiger partial charge in [0.2, 0.25) is 11.7 Å². The molecule has 2 rings (SSSR count). The predicted octanol–water partition coefficient (Wildman–Crippen LogP) is 1.89. The van der Waals surface area contributed by atoms with E-state index >= 15 is 0 Å². The van der Waals surface area contributed by atoms with Gasteiger partial charge in [0.25, 0.3) is 0 Å². The Hall–Kier alpha value is -3.07. The van der Waals surface area contributed by atoms with Gasteiger partial charge in [-0.1, -0.05) is 0 Å². The monoisotopic (exact) mass is 355 g/mol. The van der Waals surface area contributed by atoms with Gasteiger partial charge in [-0.05, 0) is 35.2 Å². The average Bonchev–Trinajstić information content (AvgIpc) is 3.00. The molecule has 0 bridgehead atoms. The van der Waals surface area contributed by atoms with Gasteiger partial charge in [0.15, 0.2) is 0 Å². The molecule has 0 aliphatic carbocycles. The number of tetrazole rings is 1. The van der Waals surface area contributed by atoms with Gasteiger partial charge in [-0.25, -0.2) is 0 Å². The second-order valence-electron chi connectivity index (χ2n) is 4.21. The third-order valence-corrected chi connectivity index (χ3v) is 3.22. The molecule has 0 saturated heterocycles. The number of benzene rings is 1. The molecular formula is C12H8F3N7OS. The summed E-state index contributed by atoms with van der Waals surface area (Å²) in [5.41, 5.74) is 0.601. The van der Waals surface area contributed by atoms with Gasteiger partial charge in [-0.15, -0.1) is 10.2 Å². The number of nitrogens with zero attached hydrogens (tertiary/aromatic N) is 4. The minimum Gasteiger partial charge on any atom is -0.366 e. The number of hydrogen-bond acceptors (Lipinski definition) is 7. The topological polar surface area (TPSA) is 133 Å². The number of carbonyl (C=O) groups is 1. The number of nitrogens with one attached hydrogen (secondary N) is 2. The van der Waals surface area contributed by atoms with Crippen molar-refractivity contribution in [1.82, 2.24) is 20.6 Å². The number of amides is 1. The number of carbonyl (C=O) groups excluding carboxylic acids is 1. The molecule has 0 spiro atoms. The van der Waals surface area contributed by atoms with Crippen molar-refractivity contribution in [1.29, 1.82) is 5.26 Å². The van der Waals surface area contributed by atoms with Crippen molar-refractivity contribution in [2.45, 2.75) is 10.4 Å². The van der Waals surface area contributed by atoms with Gasteiger partial charge in [-0.2, -0.15) is 23.6 Å². The van der Waals surface area contributed by atoms with E-state index in [-0.39, 0.29) is 39.3 Å². The summed E-state index contributed by atoms with van der Waals surface area (Å²) in [4.78, 5) is 11.0. The summed E-state index contributed by atoms with van der Waals surface area (Å²) in [6.07, 6.45) is 1.17. The number of anilines is 1. The quantitative estimate of drug-likeness (QED) is 0.551. The van der Waals surface area contributed by atoms with Crippen molar-refractivity contribution >= 4 is 28.9 Å². The van der Waals surface area contributed by atoms with Crippen molar-refractivity contribution in [2.24, 2.45) is 5.73 Å². The zero-order valence-electron chi connectivity index (χ0n) is 11.6. The summed E-state index contributed by atoms with van der Waals surface area (Å²) in [5, 5.41) is 24.3. The third kappa shape index (κ3) is 4.71. The van der Waals surface area contributed by atoms with E-state index in [0.29, 0.717) is 0 Å². The van der Waals surface area contributed by atoms with Gasteiger partial charge in [-0.3, -0.25) is 4.79 Å². The number of hydrogen-bond donors (Lipinski definition) is 3. The highest BCUT2D eigenvalue weighted by atomic mass is 32.2. The number of halogens is 3. The molecule has 12 heteroatoms. The standard InChI is InChI=1S/C12H8F3N7OS/c13-12(14,15)24-9-2-6(10(17)23)1-8(3-9)18-5-7(4-16)11-19-21-22-20-11/h1-3,5,18H,(H2,17,23)(H,19,20,21,22). The highest BCUT2D eigenvalue weighted by molar-refractivity contribution is 8.00. The van der Waals surface area contributed by atoms with Crippen LogP contribution in [0.2, 0.25) is 0 Å². The third-order valence-electron chi connectivity index (χ3n) is 2.51. The van der Waals surface area contributed by atoms with E-state index in [1.165, 1.54) is 12.3 Å². The Morgan fingerprint density at radius 3 is 2.71 bits per heavy atom. The lowest BCUT2D eigenvalue weighted by atomic mass is 10.2. The van der Waals surface area contributed by atoms with E-state index in [2.05, 4.69) is 25.9 Å². The largest absolute Gasteiger partial charge is 0.446 e. The summed E-state index contributed by atoms with van der Waals surface area (Å²) in [6, 6.07) is 5.24. The zero-order chi connectivity index (χ0) is 17.7. The first-order valence-corrected chi connectivity index (χ1v) is 6.91. The van der Waals surface area contributed by atoms with Crippen LogP contribution in [0.1, 0.15) is 16.2 Å². The van der Waals surface area contributed by atoms with Crippen LogP contribution in [0.4, 0.5) is 18.9 Å². The highest BCUT2D eigenvalue weighted by Crippen LogP contribution is 2.38. The molecule has 0 saturated carbocycles. The van der Waals surface area contributed by atoms with E-state index in [1.807, 2.05) is 0 Å². The number of aromatic nitrogens is 4. The number of allylic oxidation sites excluding steroid dienone is 1. The second-order valence-corrected chi connectivity index (χ2v) is 5.35. The molecule has 0 aliphatic heterocycles. The van der Waals surface area contributed by atoms with Crippen LogP contribution < -0.4 is 11.1 Å². The maximum absolute atomic E-state index is 12.5. The fourth-order valence-corrected chi connectivity index (χ4v) is 2.23. The Morgan fingerprint density at radius 1 is 1.42 bits per heavy atom. The van der Waals surface area contributed by atoms with Gasteiger partial charge < -0.3 is 11.1 Å². The first kappa shape index (κ1) is 17.3. The molecule has 0 atom stereocenters. The maximum atomic E-state index is 12.5. The van der Waals surface area contributed by atoms with Gasteiger partial charge in [0.1, 0.15) is 11.6 Å². The van der Waals surface area contributed by atoms with Crippen molar-refractivity contribution in [2.75, 3.05) is 5.32 Å². The molecule has 24 heavy (non-hydrogen) atoms.